The van der Waals surface area contributed by atoms with Crippen LogP contribution in [0.2, 0.25) is 0 Å². The molecule has 0 saturated carbocycles. The molecule has 0 spiro atoms. The fourth-order valence-corrected chi connectivity index (χ4v) is 1.70. The van der Waals surface area contributed by atoms with Crippen molar-refractivity contribution in [2.24, 2.45) is 5.73 Å². The van der Waals surface area contributed by atoms with Gasteiger partial charge in [-0.25, -0.2) is 4.79 Å². The van der Waals surface area contributed by atoms with Crippen molar-refractivity contribution < 1.29 is 9.59 Å². The van der Waals surface area contributed by atoms with E-state index in [0.717, 1.165) is 12.0 Å². The Bertz CT molecular complexity index is 448. The zero-order chi connectivity index (χ0) is 14.4. The summed E-state index contributed by atoms with van der Waals surface area (Å²) >= 11 is 3.31. The van der Waals surface area contributed by atoms with Crippen LogP contribution in [0, 0.1) is 0 Å². The Morgan fingerprint density at radius 2 is 1.89 bits per heavy atom. The van der Waals surface area contributed by atoms with E-state index in [9.17, 15) is 9.59 Å². The fraction of sp³-hybridized carbons (Fsp3) is 0.385. The predicted octanol–water partition coefficient (Wildman–Crippen LogP) is 2.53. The van der Waals surface area contributed by atoms with E-state index < -0.39 is 6.03 Å². The number of hydrogen-bond acceptors (Lipinski definition) is 2. The molecule has 0 fully saturated rings. The van der Waals surface area contributed by atoms with Crippen LogP contribution < -0.4 is 16.4 Å². The molecule has 4 N–H and O–H groups in total. The summed E-state index contributed by atoms with van der Waals surface area (Å²) in [4.78, 5) is 22.3. The molecule has 0 heterocycles. The molecule has 3 amide bonds. The first-order valence-corrected chi connectivity index (χ1v) is 6.96. The van der Waals surface area contributed by atoms with Crippen LogP contribution in [0.15, 0.2) is 24.3 Å². The molecule has 0 aromatic heterocycles. The van der Waals surface area contributed by atoms with Crippen molar-refractivity contribution >= 4 is 33.6 Å². The number of carbonyl (C=O) groups excluding carboxylic acids is 2. The first-order chi connectivity index (χ1) is 8.93. The third-order valence-electron chi connectivity index (χ3n) is 2.68. The zero-order valence-corrected chi connectivity index (χ0v) is 12.5. The van der Waals surface area contributed by atoms with Crippen molar-refractivity contribution in [2.75, 3.05) is 5.32 Å². The van der Waals surface area contributed by atoms with Crippen molar-refractivity contribution in [3.8, 4) is 0 Å². The lowest BCUT2D eigenvalue weighted by atomic mass is 10.1. The molecule has 0 aliphatic heterocycles. The lowest BCUT2D eigenvalue weighted by molar-refractivity contribution is -0.121. The van der Waals surface area contributed by atoms with E-state index >= 15 is 0 Å². The van der Waals surface area contributed by atoms with Crippen molar-refractivity contribution in [3.05, 3.63) is 29.8 Å². The molecule has 19 heavy (non-hydrogen) atoms. The van der Waals surface area contributed by atoms with Crippen molar-refractivity contribution in [1.29, 1.82) is 0 Å². The van der Waals surface area contributed by atoms with Crippen molar-refractivity contribution in [2.45, 2.75) is 31.1 Å². The molecule has 0 bridgehead atoms. The number of carbonyl (C=O) groups is 2. The predicted molar refractivity (Wildman–Crippen MR) is 79.2 cm³/mol. The summed E-state index contributed by atoms with van der Waals surface area (Å²) in [5.74, 6) is -0.0330. The monoisotopic (exact) mass is 327 g/mol. The summed E-state index contributed by atoms with van der Waals surface area (Å²) in [5, 5.41) is 5.39. The molecule has 2 unspecified atom stereocenters. The molecule has 1 rings (SSSR count). The highest BCUT2D eigenvalue weighted by molar-refractivity contribution is 9.10. The summed E-state index contributed by atoms with van der Waals surface area (Å²) in [6, 6.07) is 6.47. The lowest BCUT2D eigenvalue weighted by Crippen LogP contribution is -2.32. The Morgan fingerprint density at radius 3 is 2.37 bits per heavy atom. The highest BCUT2D eigenvalue weighted by Gasteiger charge is 2.15. The summed E-state index contributed by atoms with van der Waals surface area (Å²) in [6.07, 6.45) is 0.736. The van der Waals surface area contributed by atoms with Gasteiger partial charge in [0.25, 0.3) is 0 Å². The first kappa shape index (κ1) is 15.5. The maximum Gasteiger partial charge on any atom is 0.316 e. The summed E-state index contributed by atoms with van der Waals surface area (Å²) < 4.78 is 0. The van der Waals surface area contributed by atoms with Crippen molar-refractivity contribution in [3.63, 3.8) is 0 Å². The second-order valence-electron chi connectivity index (χ2n) is 4.22. The van der Waals surface area contributed by atoms with Gasteiger partial charge in [-0.2, -0.15) is 0 Å². The molecule has 0 aliphatic carbocycles. The normalized spacial score (nSPS) is 13.4. The number of urea groups is 1. The highest BCUT2D eigenvalue weighted by atomic mass is 79.9. The SMILES string of the molecule is CCC(Br)C(=O)NC(C)c1ccc(NC(N)=O)cc1. The minimum absolute atomic E-state index is 0.0330. The average Bonchev–Trinajstić information content (AvgIpc) is 2.37. The van der Waals surface area contributed by atoms with E-state index in [-0.39, 0.29) is 16.8 Å². The molecule has 0 radical (unpaired) electrons. The Balaban J connectivity index is 2.65. The molecule has 0 saturated heterocycles. The second kappa shape index (κ2) is 7.13. The number of hydrogen-bond donors (Lipinski definition) is 3. The van der Waals surface area contributed by atoms with Gasteiger partial charge in [-0.3, -0.25) is 4.79 Å². The number of primary amides is 1. The van der Waals surface area contributed by atoms with Crippen molar-refractivity contribution in [1.82, 2.24) is 5.32 Å². The number of rotatable bonds is 5. The zero-order valence-electron chi connectivity index (χ0n) is 10.9. The molecule has 2 atom stereocenters. The molecule has 1 aromatic rings. The van der Waals surface area contributed by atoms with Gasteiger partial charge in [0.15, 0.2) is 0 Å². The van der Waals surface area contributed by atoms with E-state index in [1.807, 2.05) is 26.0 Å². The third kappa shape index (κ3) is 4.90. The number of benzene rings is 1. The van der Waals surface area contributed by atoms with Crippen LogP contribution in [0.5, 0.6) is 0 Å². The van der Waals surface area contributed by atoms with Gasteiger partial charge in [-0.05, 0) is 31.0 Å². The van der Waals surface area contributed by atoms with Crippen LogP contribution in [0.4, 0.5) is 10.5 Å². The smallest absolute Gasteiger partial charge is 0.316 e. The fourth-order valence-electron chi connectivity index (χ4n) is 1.57. The summed E-state index contributed by atoms with van der Waals surface area (Å²) in [6.45, 7) is 3.84. The van der Waals surface area contributed by atoms with Gasteiger partial charge in [0.2, 0.25) is 5.91 Å². The van der Waals surface area contributed by atoms with Crippen LogP contribution in [0.1, 0.15) is 31.9 Å². The number of amides is 3. The summed E-state index contributed by atoms with van der Waals surface area (Å²) in [5.41, 5.74) is 6.61. The van der Waals surface area contributed by atoms with Gasteiger partial charge in [0, 0.05) is 5.69 Å². The highest BCUT2D eigenvalue weighted by Crippen LogP contribution is 2.17. The van der Waals surface area contributed by atoms with Gasteiger partial charge in [0.05, 0.1) is 10.9 Å². The van der Waals surface area contributed by atoms with Gasteiger partial charge >= 0.3 is 6.03 Å². The molecule has 5 nitrogen and oxygen atoms in total. The van der Waals surface area contributed by atoms with E-state index in [2.05, 4.69) is 26.6 Å². The largest absolute Gasteiger partial charge is 0.351 e. The van der Waals surface area contributed by atoms with E-state index in [0.29, 0.717) is 5.69 Å². The van der Waals surface area contributed by atoms with Crippen LogP contribution in [-0.4, -0.2) is 16.8 Å². The number of anilines is 1. The maximum atomic E-state index is 11.7. The Hall–Kier alpha value is -1.56. The van der Waals surface area contributed by atoms with Gasteiger partial charge in [-0.15, -0.1) is 0 Å². The second-order valence-corrected chi connectivity index (χ2v) is 5.32. The molecule has 104 valence electrons. The molecule has 6 heteroatoms. The standard InChI is InChI=1S/C13H18BrN3O2/c1-3-11(14)12(18)16-8(2)9-4-6-10(7-5-9)17-13(15)19/h4-8,11H,3H2,1-2H3,(H,16,18)(H3,15,17,19). The number of nitrogens with one attached hydrogen (secondary N) is 2. The van der Waals surface area contributed by atoms with E-state index in [1.54, 1.807) is 12.1 Å². The number of halogens is 1. The number of nitrogens with two attached hydrogens (primary N) is 1. The van der Waals surface area contributed by atoms with Crippen LogP contribution in [0.3, 0.4) is 0 Å². The van der Waals surface area contributed by atoms with Crippen LogP contribution in [-0.2, 0) is 4.79 Å². The Morgan fingerprint density at radius 1 is 1.32 bits per heavy atom. The van der Waals surface area contributed by atoms with E-state index in [4.69, 9.17) is 5.73 Å². The van der Waals surface area contributed by atoms with E-state index in [1.165, 1.54) is 0 Å². The Kier molecular flexibility index (Phi) is 5.82. The molecule has 1 aromatic carbocycles. The topological polar surface area (TPSA) is 84.2 Å². The van der Waals surface area contributed by atoms with Gasteiger partial charge < -0.3 is 16.4 Å². The molecule has 0 aliphatic rings. The summed E-state index contributed by atoms with van der Waals surface area (Å²) in [7, 11) is 0. The maximum absolute atomic E-state index is 11.7. The molecular formula is C13H18BrN3O2. The number of alkyl halides is 1. The Labute approximate surface area is 121 Å². The van der Waals surface area contributed by atoms with Crippen LogP contribution in [0.25, 0.3) is 0 Å². The minimum atomic E-state index is -0.598. The molecular weight excluding hydrogens is 310 g/mol. The quantitative estimate of drug-likeness (QED) is 0.726. The minimum Gasteiger partial charge on any atom is -0.351 e. The lowest BCUT2D eigenvalue weighted by Gasteiger charge is -2.16. The third-order valence-corrected chi connectivity index (χ3v) is 3.74. The van der Waals surface area contributed by atoms with Gasteiger partial charge in [0.1, 0.15) is 0 Å². The average molecular weight is 328 g/mol. The van der Waals surface area contributed by atoms with Gasteiger partial charge in [-0.1, -0.05) is 35.0 Å². The van der Waals surface area contributed by atoms with Crippen LogP contribution >= 0.6 is 15.9 Å². The first-order valence-electron chi connectivity index (χ1n) is 6.05.